The number of thiophene rings is 1. The van der Waals surface area contributed by atoms with E-state index < -0.39 is 0 Å². The molecule has 0 aromatic carbocycles. The van der Waals surface area contributed by atoms with Gasteiger partial charge in [-0.05, 0) is 65.9 Å². The predicted octanol–water partition coefficient (Wildman–Crippen LogP) is 4.07. The van der Waals surface area contributed by atoms with Crippen LogP contribution in [0, 0.1) is 17.8 Å². The highest BCUT2D eigenvalue weighted by Crippen LogP contribution is 2.49. The van der Waals surface area contributed by atoms with Gasteiger partial charge in [-0.2, -0.15) is 0 Å². The first-order valence-electron chi connectivity index (χ1n) is 6.68. The molecule has 4 heteroatoms. The Kier molecular flexibility index (Phi) is 3.50. The topological polar surface area (TPSA) is 29.1 Å². The lowest BCUT2D eigenvalue weighted by molar-refractivity contribution is 0.0915. The van der Waals surface area contributed by atoms with Gasteiger partial charge in [0.05, 0.1) is 9.35 Å². The molecule has 3 rings (SSSR count). The third-order valence-electron chi connectivity index (χ3n) is 4.62. The average molecular weight is 328 g/mol. The summed E-state index contributed by atoms with van der Waals surface area (Å²) in [4.78, 5) is 12.1. The third-order valence-corrected chi connectivity index (χ3v) is 6.13. The Morgan fingerprint density at radius 2 is 2.33 bits per heavy atom. The monoisotopic (exact) mass is 327 g/mol. The summed E-state index contributed by atoms with van der Waals surface area (Å²) in [6.07, 6.45) is 5.51. The van der Waals surface area contributed by atoms with Crippen LogP contribution >= 0.6 is 27.3 Å². The summed E-state index contributed by atoms with van der Waals surface area (Å²) < 4.78 is 1.01. The van der Waals surface area contributed by atoms with Gasteiger partial charge < -0.3 is 5.32 Å². The number of hydrogen-bond acceptors (Lipinski definition) is 2. The first-order chi connectivity index (χ1) is 8.63. The smallest absolute Gasteiger partial charge is 0.252 e. The van der Waals surface area contributed by atoms with Crippen molar-refractivity contribution in [3.63, 3.8) is 0 Å². The second kappa shape index (κ2) is 4.97. The van der Waals surface area contributed by atoms with E-state index in [-0.39, 0.29) is 5.91 Å². The highest BCUT2D eigenvalue weighted by Gasteiger charge is 2.42. The standard InChI is InChI=1S/C14H18BrNOS/c1-8(12-5-9-2-3-10(12)4-9)16-14(17)11-6-13(15)18-7-11/h6-10,12H,2-5H2,1H3,(H,16,17)/t8-,9+,10+,12-/m1/s1. The molecule has 98 valence electrons. The second-order valence-electron chi connectivity index (χ2n) is 5.74. The zero-order chi connectivity index (χ0) is 12.7. The number of carbonyl (C=O) groups excluding carboxylic acids is 1. The molecule has 1 N–H and O–H groups in total. The Hall–Kier alpha value is -0.350. The van der Waals surface area contributed by atoms with E-state index in [4.69, 9.17) is 0 Å². The van der Waals surface area contributed by atoms with Crippen molar-refractivity contribution in [3.8, 4) is 0 Å². The van der Waals surface area contributed by atoms with Gasteiger partial charge in [0.2, 0.25) is 0 Å². The maximum Gasteiger partial charge on any atom is 0.252 e. The molecular formula is C14H18BrNOS. The number of amides is 1. The largest absolute Gasteiger partial charge is 0.349 e. The van der Waals surface area contributed by atoms with E-state index in [9.17, 15) is 4.79 Å². The van der Waals surface area contributed by atoms with Crippen molar-refractivity contribution in [2.24, 2.45) is 17.8 Å². The minimum atomic E-state index is 0.0761. The molecule has 2 bridgehead atoms. The van der Waals surface area contributed by atoms with Crippen LogP contribution in [0.2, 0.25) is 0 Å². The van der Waals surface area contributed by atoms with E-state index in [0.717, 1.165) is 21.2 Å². The van der Waals surface area contributed by atoms with Crippen LogP contribution in [-0.4, -0.2) is 11.9 Å². The minimum Gasteiger partial charge on any atom is -0.349 e. The Morgan fingerprint density at radius 3 is 2.89 bits per heavy atom. The van der Waals surface area contributed by atoms with Crippen molar-refractivity contribution in [1.82, 2.24) is 5.32 Å². The molecule has 4 atom stereocenters. The zero-order valence-electron chi connectivity index (χ0n) is 10.5. The minimum absolute atomic E-state index is 0.0761. The summed E-state index contributed by atoms with van der Waals surface area (Å²) in [5, 5.41) is 5.09. The molecular weight excluding hydrogens is 310 g/mol. The molecule has 1 amide bonds. The molecule has 1 aromatic rings. The van der Waals surface area contributed by atoms with Crippen molar-refractivity contribution in [2.75, 3.05) is 0 Å². The van der Waals surface area contributed by atoms with E-state index >= 15 is 0 Å². The Labute approximate surface area is 120 Å². The molecule has 2 aliphatic carbocycles. The third kappa shape index (κ3) is 2.37. The number of fused-ring (bicyclic) bond motifs is 2. The summed E-state index contributed by atoms with van der Waals surface area (Å²) in [5.41, 5.74) is 0.780. The van der Waals surface area contributed by atoms with Crippen LogP contribution in [0.3, 0.4) is 0 Å². The number of rotatable bonds is 3. The highest BCUT2D eigenvalue weighted by atomic mass is 79.9. The molecule has 0 radical (unpaired) electrons. The van der Waals surface area contributed by atoms with Crippen molar-refractivity contribution >= 4 is 33.2 Å². The van der Waals surface area contributed by atoms with Gasteiger partial charge in [-0.3, -0.25) is 4.79 Å². The highest BCUT2D eigenvalue weighted by molar-refractivity contribution is 9.11. The van der Waals surface area contributed by atoms with Gasteiger partial charge in [0, 0.05) is 11.4 Å². The fourth-order valence-corrected chi connectivity index (χ4v) is 4.87. The number of hydrogen-bond donors (Lipinski definition) is 1. The van der Waals surface area contributed by atoms with Gasteiger partial charge in [0.1, 0.15) is 0 Å². The predicted molar refractivity (Wildman–Crippen MR) is 77.9 cm³/mol. The van der Waals surface area contributed by atoms with Crippen LogP contribution in [0.1, 0.15) is 43.0 Å². The van der Waals surface area contributed by atoms with Gasteiger partial charge in [-0.15, -0.1) is 11.3 Å². The maximum absolute atomic E-state index is 12.1. The van der Waals surface area contributed by atoms with Gasteiger partial charge in [-0.1, -0.05) is 6.42 Å². The molecule has 2 nitrogen and oxygen atoms in total. The Balaban J connectivity index is 1.61. The lowest BCUT2D eigenvalue weighted by atomic mass is 9.84. The number of carbonyl (C=O) groups is 1. The molecule has 1 heterocycles. The quantitative estimate of drug-likeness (QED) is 0.890. The van der Waals surface area contributed by atoms with E-state index in [1.54, 1.807) is 11.3 Å². The van der Waals surface area contributed by atoms with Crippen LogP contribution in [0.25, 0.3) is 0 Å². The maximum atomic E-state index is 12.1. The Morgan fingerprint density at radius 1 is 1.50 bits per heavy atom. The normalized spacial score (nSPS) is 31.6. The summed E-state index contributed by atoms with van der Waals surface area (Å²) in [6.45, 7) is 2.17. The summed E-state index contributed by atoms with van der Waals surface area (Å²) in [6, 6.07) is 2.21. The number of halogens is 1. The van der Waals surface area contributed by atoms with E-state index in [1.165, 1.54) is 25.7 Å². The average Bonchev–Trinajstić information content (AvgIpc) is 3.03. The van der Waals surface area contributed by atoms with E-state index in [0.29, 0.717) is 12.0 Å². The molecule has 1 aromatic heterocycles. The summed E-state index contributed by atoms with van der Waals surface area (Å²) >= 11 is 4.96. The molecule has 0 spiro atoms. The van der Waals surface area contributed by atoms with Crippen LogP contribution in [0.4, 0.5) is 0 Å². The second-order valence-corrected chi connectivity index (χ2v) is 8.03. The number of nitrogens with one attached hydrogen (secondary N) is 1. The van der Waals surface area contributed by atoms with Crippen molar-refractivity contribution < 1.29 is 4.79 Å². The molecule has 0 saturated heterocycles. The molecule has 0 aliphatic heterocycles. The van der Waals surface area contributed by atoms with Crippen LogP contribution in [-0.2, 0) is 0 Å². The van der Waals surface area contributed by atoms with E-state index in [2.05, 4.69) is 28.2 Å². The fourth-order valence-electron chi connectivity index (χ4n) is 3.73. The molecule has 0 unspecified atom stereocenters. The van der Waals surface area contributed by atoms with Crippen LogP contribution in [0.15, 0.2) is 15.2 Å². The Bertz CT molecular complexity index is 458. The molecule has 2 fully saturated rings. The molecule has 2 aliphatic rings. The summed E-state index contributed by atoms with van der Waals surface area (Å²) in [5.74, 6) is 2.58. The van der Waals surface area contributed by atoms with Crippen molar-refractivity contribution in [3.05, 3.63) is 20.8 Å². The summed E-state index contributed by atoms with van der Waals surface area (Å²) in [7, 11) is 0. The van der Waals surface area contributed by atoms with Crippen LogP contribution in [0.5, 0.6) is 0 Å². The van der Waals surface area contributed by atoms with Gasteiger partial charge in [0.15, 0.2) is 0 Å². The van der Waals surface area contributed by atoms with Crippen molar-refractivity contribution in [1.29, 1.82) is 0 Å². The van der Waals surface area contributed by atoms with Crippen molar-refractivity contribution in [2.45, 2.75) is 38.6 Å². The molecule has 18 heavy (non-hydrogen) atoms. The van der Waals surface area contributed by atoms with Crippen LogP contribution < -0.4 is 5.32 Å². The lowest BCUT2D eigenvalue weighted by Gasteiger charge is -2.28. The van der Waals surface area contributed by atoms with Gasteiger partial charge in [0.25, 0.3) is 5.91 Å². The first kappa shape index (κ1) is 12.7. The zero-order valence-corrected chi connectivity index (χ0v) is 12.9. The van der Waals surface area contributed by atoms with Gasteiger partial charge >= 0.3 is 0 Å². The molecule has 2 saturated carbocycles. The van der Waals surface area contributed by atoms with E-state index in [1.807, 2.05) is 11.4 Å². The lowest BCUT2D eigenvalue weighted by Crippen LogP contribution is -2.39. The fraction of sp³-hybridized carbons (Fsp3) is 0.643. The van der Waals surface area contributed by atoms with Gasteiger partial charge in [-0.25, -0.2) is 0 Å². The first-order valence-corrected chi connectivity index (χ1v) is 8.35. The SMILES string of the molecule is C[C@@H](NC(=O)c1csc(Br)c1)[C@H]1C[C@H]2CC[C@H]1C2.